The predicted octanol–water partition coefficient (Wildman–Crippen LogP) is 7.62. The van der Waals surface area contributed by atoms with E-state index in [1.807, 2.05) is 11.8 Å². The largest absolute Gasteiger partial charge is 0.407 e. The second-order valence-electron chi connectivity index (χ2n) is 10.8. The Labute approximate surface area is 232 Å². The van der Waals surface area contributed by atoms with Crippen LogP contribution in [0.3, 0.4) is 0 Å². The number of aryl methyl sites for hydroxylation is 1. The Bertz CT molecular complexity index is 1400. The zero-order valence-corrected chi connectivity index (χ0v) is 24.4. The fourth-order valence-electron chi connectivity index (χ4n) is 5.61. The number of benzene rings is 4. The van der Waals surface area contributed by atoms with E-state index in [9.17, 15) is 0 Å². The maximum absolute atomic E-state index is 7.21. The van der Waals surface area contributed by atoms with Crippen molar-refractivity contribution in [3.05, 3.63) is 127 Å². The van der Waals surface area contributed by atoms with E-state index in [4.69, 9.17) is 4.43 Å². The summed E-state index contributed by atoms with van der Waals surface area (Å²) in [5.41, 5.74) is 3.94. The van der Waals surface area contributed by atoms with Crippen molar-refractivity contribution in [1.82, 2.24) is 4.98 Å². The molecule has 5 aromatic rings. The number of nitrogens with one attached hydrogen (secondary N) is 1. The van der Waals surface area contributed by atoms with E-state index in [2.05, 4.69) is 141 Å². The van der Waals surface area contributed by atoms with Gasteiger partial charge in [0.1, 0.15) is 0 Å². The molecule has 0 saturated carbocycles. The summed E-state index contributed by atoms with van der Waals surface area (Å²) < 4.78 is 7.21. The average Bonchev–Trinajstić information content (AvgIpc) is 3.29. The van der Waals surface area contributed by atoms with E-state index in [1.165, 1.54) is 37.4 Å². The molecule has 0 atom stereocenters. The molecule has 1 aromatic heterocycles. The molecule has 0 bridgehead atoms. The second-order valence-corrected chi connectivity index (χ2v) is 16.3. The molecule has 38 heavy (non-hydrogen) atoms. The molecule has 4 heteroatoms. The number of H-pyrrole nitrogens is 1. The number of rotatable bonds is 10. The van der Waals surface area contributed by atoms with Crippen molar-refractivity contribution in [3.63, 3.8) is 0 Å². The molecule has 0 fully saturated rings. The smallest absolute Gasteiger partial charge is 0.261 e. The normalized spacial score (nSPS) is 12.2. The van der Waals surface area contributed by atoms with E-state index < -0.39 is 8.32 Å². The summed E-state index contributed by atoms with van der Waals surface area (Å²) >= 11 is 1.92. The molecule has 4 aromatic carbocycles. The second kappa shape index (κ2) is 11.8. The minimum Gasteiger partial charge on any atom is -0.407 e. The van der Waals surface area contributed by atoms with Crippen molar-refractivity contribution in [1.29, 1.82) is 0 Å². The van der Waals surface area contributed by atoms with Crippen LogP contribution in [0.2, 0.25) is 5.04 Å². The lowest BCUT2D eigenvalue weighted by Crippen LogP contribution is -2.66. The molecular formula is C34H37NOSSi. The highest BCUT2D eigenvalue weighted by atomic mass is 32.2. The molecule has 0 unspecified atom stereocenters. The maximum atomic E-state index is 7.21. The minimum absolute atomic E-state index is 0.0225. The van der Waals surface area contributed by atoms with Crippen LogP contribution in [0.1, 0.15) is 32.0 Å². The van der Waals surface area contributed by atoms with Crippen LogP contribution in [0.25, 0.3) is 10.9 Å². The summed E-state index contributed by atoms with van der Waals surface area (Å²) in [6, 6.07) is 41.2. The van der Waals surface area contributed by atoms with Gasteiger partial charge in [-0.25, -0.2) is 0 Å². The van der Waals surface area contributed by atoms with Gasteiger partial charge in [0, 0.05) is 40.3 Å². The Morgan fingerprint density at radius 2 is 1.24 bits per heavy atom. The van der Waals surface area contributed by atoms with Gasteiger partial charge >= 0.3 is 0 Å². The van der Waals surface area contributed by atoms with Gasteiger partial charge in [0.2, 0.25) is 0 Å². The van der Waals surface area contributed by atoms with Gasteiger partial charge in [0.05, 0.1) is 0 Å². The van der Waals surface area contributed by atoms with E-state index >= 15 is 0 Å². The van der Waals surface area contributed by atoms with E-state index in [0.717, 1.165) is 18.6 Å². The van der Waals surface area contributed by atoms with E-state index in [-0.39, 0.29) is 5.04 Å². The number of aromatic amines is 1. The molecule has 1 heterocycles. The number of fused-ring (bicyclic) bond motifs is 1. The lowest BCUT2D eigenvalue weighted by Gasteiger charge is -2.43. The third-order valence-electron chi connectivity index (χ3n) is 7.35. The number of hydrogen-bond donors (Lipinski definition) is 1. The van der Waals surface area contributed by atoms with Crippen molar-refractivity contribution in [3.8, 4) is 0 Å². The first-order valence-corrected chi connectivity index (χ1v) is 16.4. The van der Waals surface area contributed by atoms with Crippen LogP contribution in [0.15, 0.2) is 120 Å². The number of hydrogen-bond acceptors (Lipinski definition) is 2. The summed E-state index contributed by atoms with van der Waals surface area (Å²) in [4.78, 5) is 5.07. The Balaban J connectivity index is 1.42. The predicted molar refractivity (Wildman–Crippen MR) is 166 cm³/mol. The van der Waals surface area contributed by atoms with Gasteiger partial charge in [-0.05, 0) is 45.6 Å². The molecule has 0 radical (unpaired) electrons. The van der Waals surface area contributed by atoms with Crippen molar-refractivity contribution in [2.75, 3.05) is 12.4 Å². The van der Waals surface area contributed by atoms with Gasteiger partial charge in [-0.3, -0.25) is 0 Å². The molecule has 0 saturated heterocycles. The van der Waals surface area contributed by atoms with Gasteiger partial charge in [-0.15, -0.1) is 11.8 Å². The average molecular weight is 536 g/mol. The van der Waals surface area contributed by atoms with E-state index in [0.29, 0.717) is 6.61 Å². The van der Waals surface area contributed by atoms with E-state index in [1.54, 1.807) is 0 Å². The summed E-state index contributed by atoms with van der Waals surface area (Å²) in [6.07, 6.45) is 1.89. The molecule has 0 aliphatic rings. The quantitative estimate of drug-likeness (QED) is 0.147. The highest BCUT2D eigenvalue weighted by molar-refractivity contribution is 7.99. The molecule has 0 amide bonds. The van der Waals surface area contributed by atoms with Crippen molar-refractivity contribution in [2.24, 2.45) is 0 Å². The molecular weight excluding hydrogens is 499 g/mol. The Kier molecular flexibility index (Phi) is 8.23. The van der Waals surface area contributed by atoms with Gasteiger partial charge < -0.3 is 9.41 Å². The molecule has 1 N–H and O–H groups in total. The number of aromatic nitrogens is 1. The fourth-order valence-corrected chi connectivity index (χ4v) is 11.1. The first-order valence-electron chi connectivity index (χ1n) is 13.5. The highest BCUT2D eigenvalue weighted by Crippen LogP contribution is 2.37. The molecule has 5 rings (SSSR count). The molecule has 0 aliphatic heterocycles. The third kappa shape index (κ3) is 5.53. The lowest BCUT2D eigenvalue weighted by atomic mass is 10.1. The van der Waals surface area contributed by atoms with Gasteiger partial charge in [-0.1, -0.05) is 118 Å². The van der Waals surface area contributed by atoms with Gasteiger partial charge in [0.25, 0.3) is 8.32 Å². The van der Waals surface area contributed by atoms with Crippen LogP contribution in [-0.4, -0.2) is 25.7 Å². The molecule has 0 spiro atoms. The van der Waals surface area contributed by atoms with Gasteiger partial charge in [-0.2, -0.15) is 0 Å². The Morgan fingerprint density at radius 1 is 0.684 bits per heavy atom. The zero-order valence-electron chi connectivity index (χ0n) is 22.6. The standard InChI is InChI=1S/C34H37NOSSi/c1-34(2,3)38(28-17-9-5-10-18-28,29-19-11-6-12-20-29)36-25-23-33-31(30-21-13-14-22-32(30)35-33)24-26-37-27-15-7-4-8-16-27/h4-22,35H,23-26H2,1-3H3. The number of para-hydroxylation sites is 1. The monoisotopic (exact) mass is 535 g/mol. The van der Waals surface area contributed by atoms with Crippen LogP contribution in [0, 0.1) is 0 Å². The first-order chi connectivity index (χ1) is 18.5. The lowest BCUT2D eigenvalue weighted by molar-refractivity contribution is 0.300. The van der Waals surface area contributed by atoms with Crippen molar-refractivity contribution < 1.29 is 4.43 Å². The highest BCUT2D eigenvalue weighted by Gasteiger charge is 2.50. The topological polar surface area (TPSA) is 25.0 Å². The van der Waals surface area contributed by atoms with Crippen LogP contribution < -0.4 is 10.4 Å². The Morgan fingerprint density at radius 3 is 1.84 bits per heavy atom. The minimum atomic E-state index is -2.55. The third-order valence-corrected chi connectivity index (χ3v) is 13.4. The Hall–Kier alpha value is -3.05. The SMILES string of the molecule is CC(C)(C)[Si](OCCc1[nH]c2ccccc2c1CCSc1ccccc1)(c1ccccc1)c1ccccc1. The van der Waals surface area contributed by atoms with Crippen LogP contribution in [0.5, 0.6) is 0 Å². The summed E-state index contributed by atoms with van der Waals surface area (Å²) in [5, 5.41) is 3.97. The molecule has 194 valence electrons. The summed E-state index contributed by atoms with van der Waals surface area (Å²) in [7, 11) is -2.55. The maximum Gasteiger partial charge on any atom is 0.261 e. The van der Waals surface area contributed by atoms with Crippen LogP contribution >= 0.6 is 11.8 Å². The summed E-state index contributed by atoms with van der Waals surface area (Å²) in [5.74, 6) is 1.05. The number of thioether (sulfide) groups is 1. The van der Waals surface area contributed by atoms with Crippen molar-refractivity contribution >= 4 is 41.4 Å². The van der Waals surface area contributed by atoms with Crippen LogP contribution in [-0.2, 0) is 17.3 Å². The van der Waals surface area contributed by atoms with Crippen LogP contribution in [0.4, 0.5) is 0 Å². The zero-order chi connectivity index (χ0) is 26.4. The molecule has 2 nitrogen and oxygen atoms in total. The summed E-state index contributed by atoms with van der Waals surface area (Å²) in [6.45, 7) is 7.70. The van der Waals surface area contributed by atoms with Gasteiger partial charge in [0.15, 0.2) is 0 Å². The molecule has 0 aliphatic carbocycles. The van der Waals surface area contributed by atoms with Crippen molar-refractivity contribution in [2.45, 2.75) is 43.5 Å². The first kappa shape index (κ1) is 26.5. The fraction of sp³-hybridized carbons (Fsp3) is 0.235.